The molecule has 3 rings (SSSR count). The molecule has 0 unspecified atom stereocenters. The second kappa shape index (κ2) is 8.02. The number of aliphatic hydroxyl groups excluding tert-OH is 1. The first-order chi connectivity index (χ1) is 11.3. The van der Waals surface area contributed by atoms with E-state index in [9.17, 15) is 5.11 Å². The molecular weight excluding hydrogens is 304 g/mol. The Hall–Kier alpha value is -2.01. The Morgan fingerprint density at radius 1 is 0.957 bits per heavy atom. The molecule has 0 fully saturated rings. The van der Waals surface area contributed by atoms with Gasteiger partial charge in [0, 0.05) is 36.9 Å². The Labute approximate surface area is 140 Å². The van der Waals surface area contributed by atoms with Crippen LogP contribution in [-0.2, 0) is 13.1 Å². The first-order valence-electron chi connectivity index (χ1n) is 7.68. The minimum absolute atomic E-state index is 0.463. The van der Waals surface area contributed by atoms with Crippen molar-refractivity contribution in [2.24, 2.45) is 0 Å². The van der Waals surface area contributed by atoms with Gasteiger partial charge in [0.15, 0.2) is 0 Å². The van der Waals surface area contributed by atoms with Crippen molar-refractivity contribution < 1.29 is 5.11 Å². The van der Waals surface area contributed by atoms with Crippen LogP contribution in [-0.4, -0.2) is 21.5 Å². The molecule has 0 aliphatic rings. The summed E-state index contributed by atoms with van der Waals surface area (Å²) < 4.78 is 0. The molecule has 1 N–H and O–H groups in total. The third kappa shape index (κ3) is 4.73. The summed E-state index contributed by atoms with van der Waals surface area (Å²) in [5.41, 5.74) is 2.40. The largest absolute Gasteiger partial charge is 0.386 e. The summed E-state index contributed by atoms with van der Waals surface area (Å²) in [6, 6.07) is 18.3. The van der Waals surface area contributed by atoms with Crippen LogP contribution in [0, 0.1) is 0 Å². The Kier molecular flexibility index (Phi) is 5.53. The van der Waals surface area contributed by atoms with Crippen molar-refractivity contribution in [3.05, 3.63) is 88.4 Å². The fourth-order valence-electron chi connectivity index (χ4n) is 2.59. The highest BCUT2D eigenvalue weighted by Crippen LogP contribution is 2.21. The average molecular weight is 324 g/mol. The molecule has 3 aromatic rings. The van der Waals surface area contributed by atoms with Crippen molar-refractivity contribution in [2.45, 2.75) is 19.2 Å². The highest BCUT2D eigenvalue weighted by Gasteiger charge is 2.15. The van der Waals surface area contributed by atoms with E-state index in [0.29, 0.717) is 6.54 Å². The molecule has 0 aliphatic carbocycles. The highest BCUT2D eigenvalue weighted by atomic mass is 32.1. The molecule has 0 saturated heterocycles. The van der Waals surface area contributed by atoms with Gasteiger partial charge in [-0.1, -0.05) is 42.5 Å². The SMILES string of the molecule is O[C@@H](CN(Cc1ccccc1)Cc1cccnc1)c1cccs1. The molecule has 4 heteroatoms. The van der Waals surface area contributed by atoms with Gasteiger partial charge in [-0.25, -0.2) is 0 Å². The van der Waals surface area contributed by atoms with Gasteiger partial charge < -0.3 is 5.11 Å². The summed E-state index contributed by atoms with van der Waals surface area (Å²) in [5.74, 6) is 0. The zero-order chi connectivity index (χ0) is 15.9. The van der Waals surface area contributed by atoms with Crippen LogP contribution in [0.2, 0.25) is 0 Å². The zero-order valence-corrected chi connectivity index (χ0v) is 13.7. The molecule has 0 radical (unpaired) electrons. The second-order valence-corrected chi connectivity index (χ2v) is 6.53. The van der Waals surface area contributed by atoms with E-state index in [0.717, 1.165) is 23.5 Å². The molecule has 0 aliphatic heterocycles. The number of nitrogens with zero attached hydrogens (tertiary/aromatic N) is 2. The van der Waals surface area contributed by atoms with Crippen LogP contribution >= 0.6 is 11.3 Å². The predicted octanol–water partition coefficient (Wildman–Crippen LogP) is 3.88. The van der Waals surface area contributed by atoms with Crippen molar-refractivity contribution in [1.82, 2.24) is 9.88 Å². The van der Waals surface area contributed by atoms with Crippen molar-refractivity contribution in [3.8, 4) is 0 Å². The van der Waals surface area contributed by atoms with Crippen molar-refractivity contribution in [1.29, 1.82) is 0 Å². The molecule has 2 heterocycles. The summed E-state index contributed by atoms with van der Waals surface area (Å²) in [4.78, 5) is 7.46. The topological polar surface area (TPSA) is 36.4 Å². The fraction of sp³-hybridized carbons (Fsp3) is 0.211. The van der Waals surface area contributed by atoms with Crippen LogP contribution in [0.3, 0.4) is 0 Å². The molecule has 0 bridgehead atoms. The smallest absolute Gasteiger partial charge is 0.101 e. The van der Waals surface area contributed by atoms with Crippen molar-refractivity contribution in [2.75, 3.05) is 6.54 Å². The van der Waals surface area contributed by atoms with E-state index in [1.54, 1.807) is 17.5 Å². The van der Waals surface area contributed by atoms with E-state index in [4.69, 9.17) is 0 Å². The van der Waals surface area contributed by atoms with Gasteiger partial charge in [0.1, 0.15) is 6.10 Å². The molecule has 0 amide bonds. The van der Waals surface area contributed by atoms with Gasteiger partial charge in [0.25, 0.3) is 0 Å². The lowest BCUT2D eigenvalue weighted by atomic mass is 10.1. The Morgan fingerprint density at radius 2 is 1.74 bits per heavy atom. The molecule has 23 heavy (non-hydrogen) atoms. The van der Waals surface area contributed by atoms with Gasteiger partial charge in [0.2, 0.25) is 0 Å². The van der Waals surface area contributed by atoms with E-state index in [1.165, 1.54) is 5.56 Å². The van der Waals surface area contributed by atoms with E-state index < -0.39 is 6.10 Å². The van der Waals surface area contributed by atoms with Crippen LogP contribution in [0.5, 0.6) is 0 Å². The van der Waals surface area contributed by atoms with Crippen LogP contribution in [0.25, 0.3) is 0 Å². The van der Waals surface area contributed by atoms with E-state index in [-0.39, 0.29) is 0 Å². The molecule has 0 saturated carbocycles. The quantitative estimate of drug-likeness (QED) is 0.716. The number of aliphatic hydroxyl groups is 1. The van der Waals surface area contributed by atoms with Gasteiger partial charge in [-0.3, -0.25) is 9.88 Å². The average Bonchev–Trinajstić information content (AvgIpc) is 3.11. The van der Waals surface area contributed by atoms with Gasteiger partial charge in [-0.15, -0.1) is 11.3 Å². The van der Waals surface area contributed by atoms with E-state index in [1.807, 2.05) is 48.0 Å². The van der Waals surface area contributed by atoms with Gasteiger partial charge in [-0.2, -0.15) is 0 Å². The van der Waals surface area contributed by atoms with Crippen molar-refractivity contribution >= 4 is 11.3 Å². The number of hydrogen-bond acceptors (Lipinski definition) is 4. The highest BCUT2D eigenvalue weighted by molar-refractivity contribution is 7.10. The number of rotatable bonds is 7. The first kappa shape index (κ1) is 15.9. The second-order valence-electron chi connectivity index (χ2n) is 5.55. The minimum Gasteiger partial charge on any atom is -0.386 e. The van der Waals surface area contributed by atoms with E-state index >= 15 is 0 Å². The molecule has 3 nitrogen and oxygen atoms in total. The Morgan fingerprint density at radius 3 is 2.43 bits per heavy atom. The van der Waals surface area contributed by atoms with Crippen LogP contribution in [0.15, 0.2) is 72.4 Å². The number of pyridine rings is 1. The standard InChI is InChI=1S/C19H20N2OS/c22-18(19-9-5-11-23-19)15-21(13-16-6-2-1-3-7-16)14-17-8-4-10-20-12-17/h1-12,18,22H,13-15H2/t18-/m0/s1. The third-order valence-corrected chi connectivity index (χ3v) is 4.65. The first-order valence-corrected chi connectivity index (χ1v) is 8.56. The van der Waals surface area contributed by atoms with Crippen LogP contribution < -0.4 is 0 Å². The maximum absolute atomic E-state index is 10.5. The monoisotopic (exact) mass is 324 g/mol. The van der Waals surface area contributed by atoms with Gasteiger partial charge in [-0.05, 0) is 28.6 Å². The molecule has 0 spiro atoms. The lowest BCUT2D eigenvalue weighted by Crippen LogP contribution is -2.27. The summed E-state index contributed by atoms with van der Waals surface area (Å²) in [6.07, 6.45) is 3.21. The Bertz CT molecular complexity index is 644. The Balaban J connectivity index is 1.72. The summed E-state index contributed by atoms with van der Waals surface area (Å²) in [6.45, 7) is 2.17. The zero-order valence-electron chi connectivity index (χ0n) is 12.9. The van der Waals surface area contributed by atoms with Crippen LogP contribution in [0.4, 0.5) is 0 Å². The number of aromatic nitrogens is 1. The lowest BCUT2D eigenvalue weighted by molar-refractivity contribution is 0.107. The van der Waals surface area contributed by atoms with Crippen LogP contribution in [0.1, 0.15) is 22.1 Å². The maximum Gasteiger partial charge on any atom is 0.101 e. The summed E-state index contributed by atoms with van der Waals surface area (Å²) in [7, 11) is 0. The third-order valence-electron chi connectivity index (χ3n) is 3.68. The molecule has 1 aromatic carbocycles. The number of benzene rings is 1. The maximum atomic E-state index is 10.5. The molecule has 1 atom stereocenters. The lowest BCUT2D eigenvalue weighted by Gasteiger charge is -2.25. The normalized spacial score (nSPS) is 12.4. The number of thiophene rings is 1. The molecule has 118 valence electrons. The number of hydrogen-bond donors (Lipinski definition) is 1. The predicted molar refractivity (Wildman–Crippen MR) is 94.1 cm³/mol. The minimum atomic E-state index is -0.463. The van der Waals surface area contributed by atoms with E-state index in [2.05, 4.69) is 28.1 Å². The fourth-order valence-corrected chi connectivity index (χ4v) is 3.29. The molecular formula is C19H20N2OS. The summed E-state index contributed by atoms with van der Waals surface area (Å²) >= 11 is 1.60. The van der Waals surface area contributed by atoms with Gasteiger partial charge in [0.05, 0.1) is 0 Å². The summed E-state index contributed by atoms with van der Waals surface area (Å²) in [5, 5.41) is 12.5. The van der Waals surface area contributed by atoms with Gasteiger partial charge >= 0.3 is 0 Å². The van der Waals surface area contributed by atoms with Crippen molar-refractivity contribution in [3.63, 3.8) is 0 Å². The molecule has 2 aromatic heterocycles.